The highest BCUT2D eigenvalue weighted by atomic mass is 16.1. The molecule has 6 nitrogen and oxygen atoms in total. The first kappa shape index (κ1) is 17.9. The molecule has 1 aromatic carbocycles. The summed E-state index contributed by atoms with van der Waals surface area (Å²) in [6.45, 7) is 5.41. The smallest absolute Gasteiger partial charge is 0.270 e. The molecular weight excluding hydrogens is 302 g/mol. The van der Waals surface area contributed by atoms with E-state index in [9.17, 15) is 4.79 Å². The van der Waals surface area contributed by atoms with Crippen LogP contribution in [0.3, 0.4) is 0 Å². The molecule has 0 atom stereocenters. The molecule has 1 heterocycles. The van der Waals surface area contributed by atoms with Crippen LogP contribution in [0.25, 0.3) is 11.4 Å². The number of amides is 1. The van der Waals surface area contributed by atoms with Crippen molar-refractivity contribution in [2.24, 2.45) is 0 Å². The van der Waals surface area contributed by atoms with Crippen molar-refractivity contribution in [3.63, 3.8) is 0 Å². The van der Waals surface area contributed by atoms with E-state index in [1.807, 2.05) is 63.2 Å². The van der Waals surface area contributed by atoms with Crippen molar-refractivity contribution in [3.8, 4) is 11.4 Å². The third kappa shape index (κ3) is 5.31. The van der Waals surface area contributed by atoms with Gasteiger partial charge in [0.1, 0.15) is 11.5 Å². The highest BCUT2D eigenvalue weighted by Crippen LogP contribution is 2.18. The van der Waals surface area contributed by atoms with Crippen molar-refractivity contribution in [2.75, 3.05) is 32.5 Å². The molecule has 0 saturated heterocycles. The van der Waals surface area contributed by atoms with Gasteiger partial charge in [0.2, 0.25) is 0 Å². The Morgan fingerprint density at radius 3 is 2.50 bits per heavy atom. The predicted octanol–water partition coefficient (Wildman–Crippen LogP) is 2.26. The summed E-state index contributed by atoms with van der Waals surface area (Å²) in [7, 11) is 3.93. The average molecular weight is 327 g/mol. The van der Waals surface area contributed by atoms with Gasteiger partial charge in [-0.05, 0) is 27.9 Å². The van der Waals surface area contributed by atoms with E-state index in [1.165, 1.54) is 0 Å². The number of benzene rings is 1. The lowest BCUT2D eigenvalue weighted by Crippen LogP contribution is -2.32. The van der Waals surface area contributed by atoms with Crippen LogP contribution in [0.2, 0.25) is 0 Å². The van der Waals surface area contributed by atoms with Crippen LogP contribution in [0.5, 0.6) is 0 Å². The zero-order valence-corrected chi connectivity index (χ0v) is 14.7. The highest BCUT2D eigenvalue weighted by molar-refractivity contribution is 5.93. The van der Waals surface area contributed by atoms with Gasteiger partial charge in [-0.25, -0.2) is 9.97 Å². The van der Waals surface area contributed by atoms with Gasteiger partial charge in [-0.15, -0.1) is 0 Å². The topological polar surface area (TPSA) is 70.2 Å². The summed E-state index contributed by atoms with van der Waals surface area (Å²) in [5, 5.41) is 6.14. The van der Waals surface area contributed by atoms with Crippen molar-refractivity contribution < 1.29 is 4.79 Å². The van der Waals surface area contributed by atoms with Gasteiger partial charge in [0.25, 0.3) is 5.91 Å². The van der Waals surface area contributed by atoms with Crippen LogP contribution in [-0.4, -0.2) is 54.0 Å². The van der Waals surface area contributed by atoms with Crippen molar-refractivity contribution in [1.29, 1.82) is 0 Å². The zero-order valence-electron chi connectivity index (χ0n) is 14.7. The number of rotatable bonds is 7. The second-order valence-corrected chi connectivity index (χ2v) is 6.19. The van der Waals surface area contributed by atoms with Crippen molar-refractivity contribution in [1.82, 2.24) is 20.2 Å². The molecule has 0 fully saturated rings. The van der Waals surface area contributed by atoms with E-state index in [0.29, 0.717) is 23.9 Å². The van der Waals surface area contributed by atoms with E-state index in [4.69, 9.17) is 0 Å². The molecule has 2 aromatic rings. The van der Waals surface area contributed by atoms with Gasteiger partial charge in [0.05, 0.1) is 0 Å². The molecule has 24 heavy (non-hydrogen) atoms. The maximum absolute atomic E-state index is 12.4. The first-order valence-corrected chi connectivity index (χ1v) is 8.09. The quantitative estimate of drug-likeness (QED) is 0.816. The van der Waals surface area contributed by atoms with Crippen LogP contribution in [0, 0.1) is 0 Å². The van der Waals surface area contributed by atoms with Crippen LogP contribution in [0.1, 0.15) is 24.3 Å². The Hall–Kier alpha value is -2.47. The Morgan fingerprint density at radius 2 is 1.88 bits per heavy atom. The maximum atomic E-state index is 12.4. The highest BCUT2D eigenvalue weighted by Gasteiger charge is 2.13. The molecule has 128 valence electrons. The second-order valence-electron chi connectivity index (χ2n) is 6.19. The number of carbonyl (C=O) groups excluding carboxylic acids is 1. The van der Waals surface area contributed by atoms with Crippen LogP contribution < -0.4 is 10.6 Å². The van der Waals surface area contributed by atoms with Gasteiger partial charge in [0, 0.05) is 30.8 Å². The van der Waals surface area contributed by atoms with E-state index in [-0.39, 0.29) is 11.9 Å². The summed E-state index contributed by atoms with van der Waals surface area (Å²) in [4.78, 5) is 23.4. The van der Waals surface area contributed by atoms with Crippen molar-refractivity contribution in [2.45, 2.75) is 19.9 Å². The largest absolute Gasteiger partial charge is 0.368 e. The molecule has 0 aliphatic heterocycles. The van der Waals surface area contributed by atoms with Crippen molar-refractivity contribution >= 4 is 11.7 Å². The fourth-order valence-electron chi connectivity index (χ4n) is 2.13. The monoisotopic (exact) mass is 327 g/mol. The Labute approximate surface area is 143 Å². The molecule has 0 radical (unpaired) electrons. The van der Waals surface area contributed by atoms with Gasteiger partial charge in [-0.3, -0.25) is 4.79 Å². The first-order valence-electron chi connectivity index (χ1n) is 8.09. The van der Waals surface area contributed by atoms with Crippen LogP contribution in [-0.2, 0) is 0 Å². The van der Waals surface area contributed by atoms with Gasteiger partial charge in [-0.1, -0.05) is 30.3 Å². The fraction of sp³-hybridized carbons (Fsp3) is 0.389. The number of carbonyl (C=O) groups is 1. The summed E-state index contributed by atoms with van der Waals surface area (Å²) in [5.74, 6) is 0.999. The Balaban J connectivity index is 2.27. The molecular formula is C18H25N5O. The van der Waals surface area contributed by atoms with E-state index >= 15 is 0 Å². The lowest BCUT2D eigenvalue weighted by molar-refractivity contribution is 0.0946. The number of aromatic nitrogens is 2. The summed E-state index contributed by atoms with van der Waals surface area (Å²) < 4.78 is 0. The molecule has 0 aliphatic carbocycles. The molecule has 0 aliphatic rings. The zero-order chi connectivity index (χ0) is 17.5. The van der Waals surface area contributed by atoms with Gasteiger partial charge >= 0.3 is 0 Å². The third-order valence-corrected chi connectivity index (χ3v) is 3.27. The number of hydrogen-bond acceptors (Lipinski definition) is 5. The molecule has 0 unspecified atom stereocenters. The minimum absolute atomic E-state index is 0.191. The van der Waals surface area contributed by atoms with Crippen LogP contribution in [0.4, 0.5) is 5.82 Å². The predicted molar refractivity (Wildman–Crippen MR) is 97.1 cm³/mol. The van der Waals surface area contributed by atoms with Crippen LogP contribution in [0.15, 0.2) is 36.4 Å². The minimum atomic E-state index is -0.191. The summed E-state index contributed by atoms with van der Waals surface area (Å²) >= 11 is 0. The van der Waals surface area contributed by atoms with Crippen LogP contribution >= 0.6 is 0 Å². The van der Waals surface area contributed by atoms with Gasteiger partial charge < -0.3 is 15.5 Å². The molecule has 0 bridgehead atoms. The fourth-order valence-corrected chi connectivity index (χ4v) is 2.13. The molecule has 0 saturated carbocycles. The normalized spacial score (nSPS) is 10.9. The SMILES string of the molecule is CC(C)Nc1cc(C(=O)NCCN(C)C)nc(-c2ccccc2)n1. The number of nitrogens with zero attached hydrogens (tertiary/aromatic N) is 3. The summed E-state index contributed by atoms with van der Waals surface area (Å²) in [6.07, 6.45) is 0. The van der Waals surface area contributed by atoms with E-state index in [0.717, 1.165) is 12.1 Å². The van der Waals surface area contributed by atoms with E-state index in [2.05, 4.69) is 20.6 Å². The van der Waals surface area contributed by atoms with E-state index in [1.54, 1.807) is 6.07 Å². The molecule has 6 heteroatoms. The van der Waals surface area contributed by atoms with E-state index < -0.39 is 0 Å². The molecule has 0 spiro atoms. The minimum Gasteiger partial charge on any atom is -0.368 e. The summed E-state index contributed by atoms with van der Waals surface area (Å²) in [6, 6.07) is 11.6. The summed E-state index contributed by atoms with van der Waals surface area (Å²) in [5.41, 5.74) is 1.25. The number of likely N-dealkylation sites (N-methyl/N-ethyl adjacent to an activating group) is 1. The molecule has 2 rings (SSSR count). The van der Waals surface area contributed by atoms with Gasteiger partial charge in [0.15, 0.2) is 5.82 Å². The lowest BCUT2D eigenvalue weighted by atomic mass is 10.2. The first-order chi connectivity index (χ1) is 11.5. The Bertz CT molecular complexity index is 670. The van der Waals surface area contributed by atoms with Gasteiger partial charge in [-0.2, -0.15) is 0 Å². The standard InChI is InChI=1S/C18H25N5O/c1-13(2)20-16-12-15(18(24)19-10-11-23(3)4)21-17(22-16)14-8-6-5-7-9-14/h5-9,12-13H,10-11H2,1-4H3,(H,19,24)(H,20,21,22). The average Bonchev–Trinajstić information content (AvgIpc) is 2.54. The lowest BCUT2D eigenvalue weighted by Gasteiger charge is -2.13. The maximum Gasteiger partial charge on any atom is 0.270 e. The third-order valence-electron chi connectivity index (χ3n) is 3.27. The number of anilines is 1. The molecule has 1 aromatic heterocycles. The number of nitrogens with one attached hydrogen (secondary N) is 2. The Kier molecular flexibility index (Phi) is 6.26. The molecule has 2 N–H and O–H groups in total. The number of hydrogen-bond donors (Lipinski definition) is 2. The second kappa shape index (κ2) is 8.40. The van der Waals surface area contributed by atoms with Crippen molar-refractivity contribution in [3.05, 3.63) is 42.1 Å². The Morgan fingerprint density at radius 1 is 1.17 bits per heavy atom. The molecule has 1 amide bonds.